The molecule has 9 nitrogen and oxygen atoms in total. The first-order valence-corrected chi connectivity index (χ1v) is 12.9. The number of pyridine rings is 1. The molecule has 0 unspecified atom stereocenters. The normalized spacial score (nSPS) is 12.7. The fraction of sp³-hybridized carbons (Fsp3) is 0.667. The number of aliphatic hydroxyl groups excluding tert-OH is 3. The summed E-state index contributed by atoms with van der Waals surface area (Å²) in [6, 6.07) is 5.96. The molecular formula is C27H49N5O4. The summed E-state index contributed by atoms with van der Waals surface area (Å²) < 4.78 is 0. The third kappa shape index (κ3) is 16.5. The minimum Gasteiger partial charge on any atom is -0.400 e. The van der Waals surface area contributed by atoms with Crippen molar-refractivity contribution < 1.29 is 20.1 Å². The zero-order chi connectivity index (χ0) is 27.2. The number of aliphatic hydroxyl groups is 3. The number of unbranched alkanes of at least 4 members (excludes halogenated alkanes) is 1. The van der Waals surface area contributed by atoms with Gasteiger partial charge in [-0.2, -0.15) is 0 Å². The number of carbonyl (C=O) groups excluding carboxylic acids is 1. The van der Waals surface area contributed by atoms with Gasteiger partial charge in [0.2, 0.25) is 5.91 Å². The van der Waals surface area contributed by atoms with E-state index in [4.69, 9.17) is 10.2 Å². The highest BCUT2D eigenvalue weighted by Crippen LogP contribution is 2.05. The lowest BCUT2D eigenvalue weighted by Gasteiger charge is -2.26. The minimum absolute atomic E-state index is 0.0839. The van der Waals surface area contributed by atoms with Crippen LogP contribution in [0.2, 0.25) is 0 Å². The van der Waals surface area contributed by atoms with E-state index in [0.29, 0.717) is 19.5 Å². The Balaban J connectivity index is 0.00000596. The van der Waals surface area contributed by atoms with Crippen LogP contribution in [0.15, 0.2) is 41.5 Å². The van der Waals surface area contributed by atoms with Crippen LogP contribution < -0.4 is 0 Å². The Kier molecular flexibility index (Phi) is 20.7. The van der Waals surface area contributed by atoms with Crippen LogP contribution >= 0.6 is 0 Å². The number of allylic oxidation sites excluding steroid dienone is 1. The van der Waals surface area contributed by atoms with Crippen molar-refractivity contribution in [2.24, 2.45) is 4.99 Å². The highest BCUT2D eigenvalue weighted by Gasteiger charge is 2.15. The van der Waals surface area contributed by atoms with Crippen LogP contribution in [0.1, 0.15) is 45.2 Å². The van der Waals surface area contributed by atoms with Gasteiger partial charge in [0.05, 0.1) is 24.9 Å². The van der Waals surface area contributed by atoms with E-state index in [9.17, 15) is 9.90 Å². The van der Waals surface area contributed by atoms with Crippen LogP contribution in [-0.4, -0.2) is 120 Å². The van der Waals surface area contributed by atoms with Gasteiger partial charge in [-0.05, 0) is 57.9 Å². The molecule has 206 valence electrons. The second kappa shape index (κ2) is 22.1. The Morgan fingerprint density at radius 3 is 2.47 bits per heavy atom. The lowest BCUT2D eigenvalue weighted by Crippen LogP contribution is -2.41. The van der Waals surface area contributed by atoms with Gasteiger partial charge in [0.25, 0.3) is 0 Å². The van der Waals surface area contributed by atoms with E-state index in [1.807, 2.05) is 45.4 Å². The maximum absolute atomic E-state index is 12.6. The van der Waals surface area contributed by atoms with E-state index in [1.165, 1.54) is 0 Å². The van der Waals surface area contributed by atoms with Gasteiger partial charge in [-0.15, -0.1) is 0 Å². The second-order valence-electron chi connectivity index (χ2n) is 8.69. The lowest BCUT2D eigenvalue weighted by atomic mass is 10.1. The maximum Gasteiger partial charge on any atom is 0.236 e. The number of hydrogen-bond donors (Lipinski definition) is 3. The molecule has 1 atom stereocenters. The largest absolute Gasteiger partial charge is 0.400 e. The Morgan fingerprint density at radius 1 is 1.11 bits per heavy atom. The van der Waals surface area contributed by atoms with Crippen molar-refractivity contribution in [3.8, 4) is 0 Å². The van der Waals surface area contributed by atoms with Crippen molar-refractivity contribution in [1.29, 1.82) is 0 Å². The first-order chi connectivity index (χ1) is 17.4. The molecule has 1 rings (SSSR count). The number of likely N-dealkylation sites (N-methyl/N-ethyl adjacent to an activating group) is 2. The lowest BCUT2D eigenvalue weighted by molar-refractivity contribution is -0.130. The van der Waals surface area contributed by atoms with Crippen molar-refractivity contribution in [2.45, 2.75) is 52.2 Å². The quantitative estimate of drug-likeness (QED) is 0.205. The zero-order valence-electron chi connectivity index (χ0n) is 23.0. The summed E-state index contributed by atoms with van der Waals surface area (Å²) in [4.78, 5) is 27.9. The molecule has 1 heterocycles. The first-order valence-electron chi connectivity index (χ1n) is 12.9. The minimum atomic E-state index is -0.665. The van der Waals surface area contributed by atoms with Gasteiger partial charge in [0.15, 0.2) is 0 Å². The standard InChI is InChI=1S/C26H45N5O3.CH4O/c1-5-7-12-23(27-6-2)19-31(20-24-13-8-10-15-28-24)18-17-29(3)21-26(34)30(4)16-11-9-14-25(33)22-32;1-2/h7-8,10,12-13,15,25,32-33H,5-6,9,11,14,16-22H2,1-4H3;2H,1H3/b12-7-,27-23?;/t25-;/m1./s1. The molecule has 0 spiro atoms. The molecule has 0 aliphatic rings. The topological polar surface area (TPSA) is 113 Å². The van der Waals surface area contributed by atoms with Gasteiger partial charge in [0.1, 0.15) is 0 Å². The Hall–Kier alpha value is -2.17. The van der Waals surface area contributed by atoms with Crippen molar-refractivity contribution in [2.75, 3.05) is 67.1 Å². The number of hydrogen-bond acceptors (Lipinski definition) is 8. The predicted octanol–water partition coefficient (Wildman–Crippen LogP) is 1.83. The number of rotatable bonds is 18. The maximum atomic E-state index is 12.6. The van der Waals surface area contributed by atoms with Gasteiger partial charge < -0.3 is 20.2 Å². The van der Waals surface area contributed by atoms with Crippen molar-refractivity contribution >= 4 is 11.6 Å². The predicted molar refractivity (Wildman–Crippen MR) is 147 cm³/mol. The molecule has 0 aliphatic heterocycles. The number of carbonyl (C=O) groups is 1. The van der Waals surface area contributed by atoms with Crippen molar-refractivity contribution in [3.05, 3.63) is 42.2 Å². The van der Waals surface area contributed by atoms with Crippen LogP contribution in [0, 0.1) is 0 Å². The first kappa shape index (κ1) is 33.8. The van der Waals surface area contributed by atoms with Crippen LogP contribution in [-0.2, 0) is 11.3 Å². The average Bonchev–Trinajstić information content (AvgIpc) is 2.89. The molecule has 3 N–H and O–H groups in total. The fourth-order valence-electron chi connectivity index (χ4n) is 3.46. The molecule has 1 amide bonds. The third-order valence-electron chi connectivity index (χ3n) is 5.53. The van der Waals surface area contributed by atoms with Crippen LogP contribution in [0.25, 0.3) is 0 Å². The molecule has 36 heavy (non-hydrogen) atoms. The van der Waals surface area contributed by atoms with Gasteiger partial charge >= 0.3 is 0 Å². The monoisotopic (exact) mass is 507 g/mol. The second-order valence-corrected chi connectivity index (χ2v) is 8.69. The van der Waals surface area contributed by atoms with Gasteiger partial charge in [-0.3, -0.25) is 24.6 Å². The highest BCUT2D eigenvalue weighted by atomic mass is 16.3. The number of aliphatic imine (C=N–C) groups is 1. The SMILES string of the molecule is CC/C=C\C(CN(CCN(C)CC(=O)N(C)CCCC[C@@H](O)CO)Cc1ccccn1)=NCC.CO. The molecule has 0 aromatic carbocycles. The Bertz CT molecular complexity index is 730. The van der Waals surface area contributed by atoms with Crippen molar-refractivity contribution in [1.82, 2.24) is 19.7 Å². The third-order valence-corrected chi connectivity index (χ3v) is 5.53. The Morgan fingerprint density at radius 2 is 1.86 bits per heavy atom. The van der Waals surface area contributed by atoms with E-state index >= 15 is 0 Å². The highest BCUT2D eigenvalue weighted by molar-refractivity contribution is 5.96. The molecule has 0 aliphatic carbocycles. The number of amides is 1. The summed E-state index contributed by atoms with van der Waals surface area (Å²) in [6.07, 6.45) is 8.52. The molecule has 0 bridgehead atoms. The summed E-state index contributed by atoms with van der Waals surface area (Å²) >= 11 is 0. The average molecular weight is 508 g/mol. The molecule has 0 fully saturated rings. The molecule has 0 saturated carbocycles. The van der Waals surface area contributed by atoms with Crippen LogP contribution in [0.3, 0.4) is 0 Å². The molecule has 1 aromatic rings. The van der Waals surface area contributed by atoms with Gasteiger partial charge in [0, 0.05) is 65.3 Å². The van der Waals surface area contributed by atoms with Gasteiger partial charge in [-0.1, -0.05) is 19.1 Å². The summed E-state index contributed by atoms with van der Waals surface area (Å²) in [7, 11) is 4.79. The summed E-state index contributed by atoms with van der Waals surface area (Å²) in [5.41, 5.74) is 2.08. The van der Waals surface area contributed by atoms with E-state index in [0.717, 1.165) is 70.5 Å². The number of nitrogens with zero attached hydrogens (tertiary/aromatic N) is 5. The molecule has 0 radical (unpaired) electrons. The van der Waals surface area contributed by atoms with Gasteiger partial charge in [-0.25, -0.2) is 0 Å². The van der Waals surface area contributed by atoms with Crippen LogP contribution in [0.4, 0.5) is 0 Å². The van der Waals surface area contributed by atoms with E-state index in [1.54, 1.807) is 4.90 Å². The summed E-state index contributed by atoms with van der Waals surface area (Å²) in [5, 5.41) is 25.3. The van der Waals surface area contributed by atoms with E-state index in [-0.39, 0.29) is 12.5 Å². The number of aromatic nitrogens is 1. The smallest absolute Gasteiger partial charge is 0.236 e. The molecule has 1 aromatic heterocycles. The fourth-order valence-corrected chi connectivity index (χ4v) is 3.46. The summed E-state index contributed by atoms with van der Waals surface area (Å²) in [5.74, 6) is 0.0839. The van der Waals surface area contributed by atoms with Crippen molar-refractivity contribution in [3.63, 3.8) is 0 Å². The van der Waals surface area contributed by atoms with Crippen LogP contribution in [0.5, 0.6) is 0 Å². The Labute approximate surface area is 218 Å². The van der Waals surface area contributed by atoms with E-state index < -0.39 is 6.10 Å². The molecular weight excluding hydrogens is 458 g/mol. The molecule has 0 saturated heterocycles. The summed E-state index contributed by atoms with van der Waals surface area (Å²) in [6.45, 7) is 8.74. The zero-order valence-corrected chi connectivity index (χ0v) is 23.0. The van der Waals surface area contributed by atoms with E-state index in [2.05, 4.69) is 38.9 Å². The molecule has 9 heteroatoms.